The summed E-state index contributed by atoms with van der Waals surface area (Å²) < 4.78 is 2.18. The van der Waals surface area contributed by atoms with Gasteiger partial charge in [-0.3, -0.25) is 4.79 Å². The highest BCUT2D eigenvalue weighted by atomic mass is 16.1. The molecule has 0 spiro atoms. The number of aryl methyl sites for hydroxylation is 3. The van der Waals surface area contributed by atoms with Gasteiger partial charge in [-0.25, -0.2) is 4.98 Å². The maximum atomic E-state index is 12.1. The highest BCUT2D eigenvalue weighted by molar-refractivity contribution is 5.94. The average molecular weight is 335 g/mol. The van der Waals surface area contributed by atoms with Crippen molar-refractivity contribution in [3.63, 3.8) is 0 Å². The molecule has 4 nitrogen and oxygen atoms in total. The molecule has 0 bridgehead atoms. The number of imidazole rings is 1. The van der Waals surface area contributed by atoms with Crippen molar-refractivity contribution in [1.29, 1.82) is 0 Å². The molecule has 25 heavy (non-hydrogen) atoms. The first kappa shape index (κ1) is 17.2. The van der Waals surface area contributed by atoms with Gasteiger partial charge in [0.2, 0.25) is 0 Å². The summed E-state index contributed by atoms with van der Waals surface area (Å²) in [7, 11) is 2.08. The predicted octanol–water partition coefficient (Wildman–Crippen LogP) is 4.02. The molecule has 0 aliphatic rings. The van der Waals surface area contributed by atoms with Gasteiger partial charge in [-0.2, -0.15) is 0 Å². The van der Waals surface area contributed by atoms with Gasteiger partial charge < -0.3 is 9.88 Å². The summed E-state index contributed by atoms with van der Waals surface area (Å²) >= 11 is 0. The Balaban J connectivity index is 1.40. The summed E-state index contributed by atoms with van der Waals surface area (Å²) in [6, 6.07) is 15.9. The number of amides is 1. The molecule has 130 valence electrons. The summed E-state index contributed by atoms with van der Waals surface area (Å²) in [4.78, 5) is 16.8. The Hall–Kier alpha value is -2.62. The quantitative estimate of drug-likeness (QED) is 0.663. The maximum Gasteiger partial charge on any atom is 0.251 e. The zero-order chi connectivity index (χ0) is 17.6. The second-order valence-corrected chi connectivity index (χ2v) is 6.51. The fraction of sp³-hybridized carbons (Fsp3) is 0.333. The van der Waals surface area contributed by atoms with E-state index in [9.17, 15) is 4.79 Å². The molecule has 1 N–H and O–H groups in total. The van der Waals surface area contributed by atoms with E-state index in [1.807, 2.05) is 43.3 Å². The van der Waals surface area contributed by atoms with E-state index in [4.69, 9.17) is 4.98 Å². The molecule has 2 aromatic carbocycles. The smallest absolute Gasteiger partial charge is 0.251 e. The Morgan fingerprint density at radius 2 is 1.92 bits per heavy atom. The third-order valence-electron chi connectivity index (χ3n) is 4.52. The van der Waals surface area contributed by atoms with Crippen molar-refractivity contribution in [3.05, 3.63) is 65.5 Å². The fourth-order valence-electron chi connectivity index (χ4n) is 3.09. The van der Waals surface area contributed by atoms with E-state index >= 15 is 0 Å². The molecule has 3 rings (SSSR count). The van der Waals surface area contributed by atoms with Crippen LogP contribution in [-0.4, -0.2) is 22.0 Å². The minimum atomic E-state index is 0.0130. The summed E-state index contributed by atoms with van der Waals surface area (Å²) in [5.41, 5.74) is 4.09. The van der Waals surface area contributed by atoms with Crippen LogP contribution in [0.4, 0.5) is 0 Å². The summed E-state index contributed by atoms with van der Waals surface area (Å²) in [5.74, 6) is 1.14. The normalized spacial score (nSPS) is 11.0. The molecule has 0 atom stereocenters. The first-order chi connectivity index (χ1) is 12.1. The number of unbranched alkanes of at least 4 members (excludes halogenated alkanes) is 2. The van der Waals surface area contributed by atoms with Gasteiger partial charge in [-0.1, -0.05) is 36.2 Å². The van der Waals surface area contributed by atoms with E-state index in [-0.39, 0.29) is 5.91 Å². The van der Waals surface area contributed by atoms with E-state index in [1.54, 1.807) is 0 Å². The first-order valence-electron chi connectivity index (χ1n) is 8.90. The van der Waals surface area contributed by atoms with Crippen molar-refractivity contribution in [3.8, 4) is 0 Å². The van der Waals surface area contributed by atoms with Crippen molar-refractivity contribution in [2.24, 2.45) is 7.05 Å². The lowest BCUT2D eigenvalue weighted by Gasteiger charge is -2.06. The van der Waals surface area contributed by atoms with Crippen LogP contribution in [0.2, 0.25) is 0 Å². The molecular formula is C21H25N3O. The number of carbonyl (C=O) groups is 1. The van der Waals surface area contributed by atoms with E-state index in [0.29, 0.717) is 0 Å². The van der Waals surface area contributed by atoms with Crippen LogP contribution >= 0.6 is 0 Å². The standard InChI is InChI=1S/C21H25N3O/c1-16-9-8-10-17(15-16)21(25)22-14-7-3-4-13-20-23-18-11-5-6-12-19(18)24(20)2/h5-6,8-12,15H,3-4,7,13-14H2,1-2H3,(H,22,25). The van der Waals surface area contributed by atoms with Crippen LogP contribution in [0.25, 0.3) is 11.0 Å². The van der Waals surface area contributed by atoms with Gasteiger partial charge in [0.05, 0.1) is 11.0 Å². The zero-order valence-electron chi connectivity index (χ0n) is 15.0. The molecule has 1 heterocycles. The first-order valence-corrected chi connectivity index (χ1v) is 8.90. The average Bonchev–Trinajstić information content (AvgIpc) is 2.94. The Labute approximate surface area is 148 Å². The number of benzene rings is 2. The lowest BCUT2D eigenvalue weighted by molar-refractivity contribution is 0.0953. The Bertz CT molecular complexity index is 866. The van der Waals surface area contributed by atoms with Crippen molar-refractivity contribution in [2.45, 2.75) is 32.6 Å². The van der Waals surface area contributed by atoms with Crippen LogP contribution in [0.3, 0.4) is 0 Å². The number of rotatable bonds is 7. The van der Waals surface area contributed by atoms with Gasteiger partial charge in [0, 0.05) is 25.6 Å². The van der Waals surface area contributed by atoms with E-state index in [1.165, 1.54) is 5.52 Å². The summed E-state index contributed by atoms with van der Waals surface area (Å²) in [6.07, 6.45) is 4.12. The van der Waals surface area contributed by atoms with E-state index < -0.39 is 0 Å². The Kier molecular flexibility index (Phi) is 5.49. The van der Waals surface area contributed by atoms with E-state index in [2.05, 4.69) is 29.1 Å². The number of carbonyl (C=O) groups excluding carboxylic acids is 1. The SMILES string of the molecule is Cc1cccc(C(=O)NCCCCCc2nc3ccccc3n2C)c1. The molecule has 0 unspecified atom stereocenters. The van der Waals surface area contributed by atoms with Crippen molar-refractivity contribution in [1.82, 2.24) is 14.9 Å². The number of fused-ring (bicyclic) bond motifs is 1. The lowest BCUT2D eigenvalue weighted by atomic mass is 10.1. The number of aromatic nitrogens is 2. The van der Waals surface area contributed by atoms with Crippen LogP contribution in [0.15, 0.2) is 48.5 Å². The maximum absolute atomic E-state index is 12.1. The number of hydrogen-bond acceptors (Lipinski definition) is 2. The van der Waals surface area contributed by atoms with Crippen LogP contribution in [0.1, 0.15) is 41.0 Å². The molecule has 0 radical (unpaired) electrons. The fourth-order valence-corrected chi connectivity index (χ4v) is 3.09. The minimum Gasteiger partial charge on any atom is -0.352 e. The van der Waals surface area contributed by atoms with Crippen molar-refractivity contribution >= 4 is 16.9 Å². The second kappa shape index (κ2) is 7.97. The van der Waals surface area contributed by atoms with Gasteiger partial charge in [0.25, 0.3) is 5.91 Å². The second-order valence-electron chi connectivity index (χ2n) is 6.51. The summed E-state index contributed by atoms with van der Waals surface area (Å²) in [6.45, 7) is 2.72. The van der Waals surface area contributed by atoms with Crippen LogP contribution in [-0.2, 0) is 13.5 Å². The third-order valence-corrected chi connectivity index (χ3v) is 4.52. The van der Waals surface area contributed by atoms with Crippen LogP contribution < -0.4 is 5.32 Å². The molecule has 3 aromatic rings. The number of nitrogens with one attached hydrogen (secondary N) is 1. The van der Waals surface area contributed by atoms with Gasteiger partial charge in [-0.05, 0) is 44.0 Å². The number of hydrogen-bond donors (Lipinski definition) is 1. The lowest BCUT2D eigenvalue weighted by Crippen LogP contribution is -2.24. The van der Waals surface area contributed by atoms with Gasteiger partial charge >= 0.3 is 0 Å². The van der Waals surface area contributed by atoms with Crippen LogP contribution in [0.5, 0.6) is 0 Å². The van der Waals surface area contributed by atoms with Gasteiger partial charge in [0.1, 0.15) is 5.82 Å². The Morgan fingerprint density at radius 1 is 1.08 bits per heavy atom. The Morgan fingerprint density at radius 3 is 2.72 bits per heavy atom. The molecule has 1 aromatic heterocycles. The molecule has 0 saturated carbocycles. The molecule has 0 fully saturated rings. The van der Waals surface area contributed by atoms with Gasteiger partial charge in [0.15, 0.2) is 0 Å². The molecule has 0 saturated heterocycles. The highest BCUT2D eigenvalue weighted by Crippen LogP contribution is 2.15. The topological polar surface area (TPSA) is 46.9 Å². The largest absolute Gasteiger partial charge is 0.352 e. The monoisotopic (exact) mass is 335 g/mol. The number of nitrogens with zero attached hydrogens (tertiary/aromatic N) is 2. The molecule has 4 heteroatoms. The minimum absolute atomic E-state index is 0.0130. The summed E-state index contributed by atoms with van der Waals surface area (Å²) in [5, 5.41) is 3.00. The van der Waals surface area contributed by atoms with Gasteiger partial charge in [-0.15, -0.1) is 0 Å². The predicted molar refractivity (Wildman–Crippen MR) is 102 cm³/mol. The van der Waals surface area contributed by atoms with Crippen molar-refractivity contribution < 1.29 is 4.79 Å². The number of para-hydroxylation sites is 2. The molecular weight excluding hydrogens is 310 g/mol. The molecule has 0 aliphatic carbocycles. The van der Waals surface area contributed by atoms with Crippen molar-refractivity contribution in [2.75, 3.05) is 6.54 Å². The zero-order valence-corrected chi connectivity index (χ0v) is 15.0. The van der Waals surface area contributed by atoms with Crippen LogP contribution in [0, 0.1) is 6.92 Å². The molecule has 1 amide bonds. The molecule has 0 aliphatic heterocycles. The third kappa shape index (κ3) is 4.27. The van der Waals surface area contributed by atoms with E-state index in [0.717, 1.165) is 54.7 Å². The highest BCUT2D eigenvalue weighted by Gasteiger charge is 2.07.